The summed E-state index contributed by atoms with van der Waals surface area (Å²) in [6, 6.07) is 8.95. The van der Waals surface area contributed by atoms with Gasteiger partial charge in [0.1, 0.15) is 6.26 Å². The summed E-state index contributed by atoms with van der Waals surface area (Å²) in [6.45, 7) is 1.56. The van der Waals surface area contributed by atoms with Gasteiger partial charge in [-0.15, -0.1) is 0 Å². The molecule has 0 fully saturated rings. The fraction of sp³-hybridized carbons (Fsp3) is 0.250. The Bertz CT molecular complexity index is 973. The number of halogens is 1. The molecule has 0 aliphatic rings. The van der Waals surface area contributed by atoms with Crippen LogP contribution in [0.5, 0.6) is 5.88 Å². The number of nitrogen functional groups attached to an aromatic ring is 1. The van der Waals surface area contributed by atoms with Gasteiger partial charge in [0.2, 0.25) is 5.88 Å². The third-order valence-corrected chi connectivity index (χ3v) is 4.37. The van der Waals surface area contributed by atoms with Gasteiger partial charge in [-0.1, -0.05) is 17.7 Å². The van der Waals surface area contributed by atoms with E-state index in [0.717, 1.165) is 24.1 Å². The zero-order chi connectivity index (χ0) is 20.8. The maximum absolute atomic E-state index is 12.3. The molecule has 0 aliphatic heterocycles. The van der Waals surface area contributed by atoms with Gasteiger partial charge in [0.15, 0.2) is 5.69 Å². The molecule has 3 N–H and O–H groups in total. The van der Waals surface area contributed by atoms with Gasteiger partial charge in [-0.05, 0) is 44.3 Å². The number of benzene rings is 1. The van der Waals surface area contributed by atoms with Gasteiger partial charge in [0, 0.05) is 24.4 Å². The van der Waals surface area contributed by atoms with Gasteiger partial charge in [-0.25, -0.2) is 4.98 Å². The van der Waals surface area contributed by atoms with Gasteiger partial charge in [0.05, 0.1) is 17.3 Å². The van der Waals surface area contributed by atoms with Crippen LogP contribution in [-0.2, 0) is 0 Å². The molecule has 0 radical (unpaired) electrons. The average Bonchev–Trinajstić information content (AvgIpc) is 3.14. The van der Waals surface area contributed by atoms with E-state index in [0.29, 0.717) is 23.2 Å². The van der Waals surface area contributed by atoms with Crippen molar-refractivity contribution >= 4 is 29.2 Å². The van der Waals surface area contributed by atoms with Gasteiger partial charge in [-0.2, -0.15) is 4.98 Å². The second-order valence-corrected chi connectivity index (χ2v) is 7.02. The largest absolute Gasteiger partial charge is 0.478 e. The summed E-state index contributed by atoms with van der Waals surface area (Å²) in [4.78, 5) is 22.5. The Kier molecular flexibility index (Phi) is 6.69. The Morgan fingerprint density at radius 3 is 2.72 bits per heavy atom. The molecular formula is C20H22ClN5O3. The van der Waals surface area contributed by atoms with Crippen molar-refractivity contribution in [2.75, 3.05) is 38.3 Å². The first-order chi connectivity index (χ1) is 13.9. The summed E-state index contributed by atoms with van der Waals surface area (Å²) in [7, 11) is 4.05. The first-order valence-corrected chi connectivity index (χ1v) is 9.36. The van der Waals surface area contributed by atoms with Crippen LogP contribution < -0.4 is 15.8 Å². The van der Waals surface area contributed by atoms with Crippen LogP contribution in [0.25, 0.3) is 11.1 Å². The Labute approximate surface area is 173 Å². The maximum atomic E-state index is 12.3. The van der Waals surface area contributed by atoms with Crippen LogP contribution in [0, 0.1) is 0 Å². The van der Waals surface area contributed by atoms with E-state index in [9.17, 15) is 4.79 Å². The minimum Gasteiger partial charge on any atom is -0.478 e. The highest BCUT2D eigenvalue weighted by molar-refractivity contribution is 6.34. The molecule has 1 aromatic carbocycles. The molecule has 0 bridgehead atoms. The predicted octanol–water partition coefficient (Wildman–Crippen LogP) is 3.56. The molecule has 3 rings (SSSR count). The molecule has 0 unspecified atom stereocenters. The predicted molar refractivity (Wildman–Crippen MR) is 112 cm³/mol. The van der Waals surface area contributed by atoms with Crippen LogP contribution in [0.3, 0.4) is 0 Å². The van der Waals surface area contributed by atoms with Gasteiger partial charge < -0.3 is 25.1 Å². The lowest BCUT2D eigenvalue weighted by molar-refractivity contribution is 0.102. The van der Waals surface area contributed by atoms with Crippen LogP contribution in [0.4, 0.5) is 11.7 Å². The SMILES string of the molecule is CN(C)CCCOc1ccc(-c2ccc(Cl)c(NC(=O)c3coc(N)n3)c2)cn1. The van der Waals surface area contributed by atoms with Crippen molar-refractivity contribution in [2.24, 2.45) is 0 Å². The molecule has 0 spiro atoms. The summed E-state index contributed by atoms with van der Waals surface area (Å²) < 4.78 is 10.5. The molecule has 3 aromatic rings. The first-order valence-electron chi connectivity index (χ1n) is 8.98. The van der Waals surface area contributed by atoms with Crippen molar-refractivity contribution in [3.8, 4) is 17.0 Å². The molecule has 0 saturated heterocycles. The smallest absolute Gasteiger partial charge is 0.292 e. The van der Waals surface area contributed by atoms with E-state index >= 15 is 0 Å². The monoisotopic (exact) mass is 415 g/mol. The van der Waals surface area contributed by atoms with E-state index in [1.54, 1.807) is 18.3 Å². The molecule has 0 saturated carbocycles. The first kappa shape index (κ1) is 20.6. The number of pyridine rings is 1. The molecule has 2 aromatic heterocycles. The minimum absolute atomic E-state index is 0.0707. The van der Waals surface area contributed by atoms with Crippen molar-refractivity contribution in [1.29, 1.82) is 0 Å². The number of hydrogen-bond donors (Lipinski definition) is 2. The lowest BCUT2D eigenvalue weighted by Gasteiger charge is -2.11. The van der Waals surface area contributed by atoms with Crippen LogP contribution in [0.1, 0.15) is 16.9 Å². The van der Waals surface area contributed by atoms with Crippen LogP contribution >= 0.6 is 11.6 Å². The number of ether oxygens (including phenoxy) is 1. The lowest BCUT2D eigenvalue weighted by Crippen LogP contribution is -2.15. The second-order valence-electron chi connectivity index (χ2n) is 6.61. The Morgan fingerprint density at radius 2 is 2.07 bits per heavy atom. The minimum atomic E-state index is -0.468. The Hall–Kier alpha value is -3.10. The molecule has 29 heavy (non-hydrogen) atoms. The molecule has 152 valence electrons. The van der Waals surface area contributed by atoms with Gasteiger partial charge in [-0.3, -0.25) is 4.79 Å². The van der Waals surface area contributed by atoms with Crippen LogP contribution in [-0.4, -0.2) is 48.0 Å². The quantitative estimate of drug-likeness (QED) is 0.541. The normalized spacial score (nSPS) is 10.9. The highest BCUT2D eigenvalue weighted by Crippen LogP contribution is 2.29. The molecule has 8 nitrogen and oxygen atoms in total. The summed E-state index contributed by atoms with van der Waals surface area (Å²) in [6.07, 6.45) is 3.83. The van der Waals surface area contributed by atoms with Crippen molar-refractivity contribution in [2.45, 2.75) is 6.42 Å². The fourth-order valence-electron chi connectivity index (χ4n) is 2.57. The molecule has 9 heteroatoms. The third kappa shape index (κ3) is 5.69. The van der Waals surface area contributed by atoms with E-state index in [4.69, 9.17) is 26.5 Å². The lowest BCUT2D eigenvalue weighted by atomic mass is 10.1. The highest BCUT2D eigenvalue weighted by atomic mass is 35.5. The van der Waals surface area contributed by atoms with Gasteiger partial charge in [0.25, 0.3) is 11.9 Å². The number of nitrogens with zero attached hydrogens (tertiary/aromatic N) is 3. The molecule has 1 amide bonds. The third-order valence-electron chi connectivity index (χ3n) is 4.04. The number of carbonyl (C=O) groups is 1. The standard InChI is InChI=1S/C20H22ClN5O3/c1-26(2)8-3-9-28-18-7-5-14(11-23-18)13-4-6-15(21)16(10-13)24-19(27)17-12-29-20(22)25-17/h4-7,10-12H,3,8-9H2,1-2H3,(H2,22,25)(H,24,27). The zero-order valence-corrected chi connectivity index (χ0v) is 16.9. The molecule has 2 heterocycles. The number of hydrogen-bond acceptors (Lipinski definition) is 7. The number of rotatable bonds is 8. The fourth-order valence-corrected chi connectivity index (χ4v) is 2.74. The topological polar surface area (TPSA) is 107 Å². The Balaban J connectivity index is 1.68. The van der Waals surface area contributed by atoms with E-state index in [2.05, 4.69) is 20.2 Å². The van der Waals surface area contributed by atoms with E-state index in [-0.39, 0.29) is 11.7 Å². The number of aromatic nitrogens is 2. The van der Waals surface area contributed by atoms with E-state index < -0.39 is 5.91 Å². The van der Waals surface area contributed by atoms with Crippen molar-refractivity contribution in [1.82, 2.24) is 14.9 Å². The van der Waals surface area contributed by atoms with E-state index in [1.165, 1.54) is 6.26 Å². The number of nitrogens with one attached hydrogen (secondary N) is 1. The number of amides is 1. The zero-order valence-electron chi connectivity index (χ0n) is 16.2. The van der Waals surface area contributed by atoms with Gasteiger partial charge >= 0.3 is 0 Å². The average molecular weight is 416 g/mol. The number of anilines is 2. The maximum Gasteiger partial charge on any atom is 0.292 e. The molecule has 0 atom stereocenters. The van der Waals surface area contributed by atoms with Crippen molar-refractivity contribution in [3.05, 3.63) is 53.5 Å². The number of carbonyl (C=O) groups excluding carboxylic acids is 1. The van der Waals surface area contributed by atoms with Crippen LogP contribution in [0.2, 0.25) is 5.02 Å². The molecule has 0 aliphatic carbocycles. The summed E-state index contributed by atoms with van der Waals surface area (Å²) >= 11 is 6.22. The van der Waals surface area contributed by atoms with Crippen molar-refractivity contribution < 1.29 is 13.9 Å². The summed E-state index contributed by atoms with van der Waals surface area (Å²) in [5.74, 6) is 0.0997. The van der Waals surface area contributed by atoms with Crippen molar-refractivity contribution in [3.63, 3.8) is 0 Å². The molecular weight excluding hydrogens is 394 g/mol. The van der Waals surface area contributed by atoms with Crippen LogP contribution in [0.15, 0.2) is 47.2 Å². The number of nitrogens with two attached hydrogens (primary N) is 1. The Morgan fingerprint density at radius 1 is 1.28 bits per heavy atom. The summed E-state index contributed by atoms with van der Waals surface area (Å²) in [5, 5.41) is 3.10. The summed E-state index contributed by atoms with van der Waals surface area (Å²) in [5.41, 5.74) is 7.62. The van der Waals surface area contributed by atoms with E-state index in [1.807, 2.05) is 32.3 Å². The second kappa shape index (κ2) is 9.40. The highest BCUT2D eigenvalue weighted by Gasteiger charge is 2.14. The number of oxazole rings is 1.